The van der Waals surface area contributed by atoms with Crippen LogP contribution in [0.1, 0.15) is 19.8 Å². The lowest BCUT2D eigenvalue weighted by atomic mass is 10.1. The molecule has 78 valence electrons. The fraction of sp³-hybridized carbons (Fsp3) is 0.600. The Balaban J connectivity index is 2.47. The molecular formula is C10H16N2O2. The zero-order valence-electron chi connectivity index (χ0n) is 8.45. The second kappa shape index (κ2) is 4.79. The van der Waals surface area contributed by atoms with Crippen LogP contribution < -0.4 is 5.32 Å². The highest BCUT2D eigenvalue weighted by molar-refractivity contribution is 5.87. The van der Waals surface area contributed by atoms with E-state index in [1.165, 1.54) is 13.0 Å². The molecule has 0 aliphatic carbocycles. The first-order valence-electron chi connectivity index (χ1n) is 4.82. The van der Waals surface area contributed by atoms with Crippen LogP contribution in [0.4, 0.5) is 0 Å². The van der Waals surface area contributed by atoms with Gasteiger partial charge in [-0.2, -0.15) is 0 Å². The molecule has 1 atom stereocenters. The van der Waals surface area contributed by atoms with Gasteiger partial charge in [-0.05, 0) is 18.9 Å². The average Bonchev–Trinajstić information content (AvgIpc) is 2.16. The number of nitrogens with one attached hydrogen (secondary N) is 1. The SMILES string of the molecule is C=CC(=O)N1CCC[C@@H](NC(C)=O)C1. The van der Waals surface area contributed by atoms with Gasteiger partial charge in [0.15, 0.2) is 0 Å². The summed E-state index contributed by atoms with van der Waals surface area (Å²) in [6.45, 7) is 6.30. The van der Waals surface area contributed by atoms with E-state index in [9.17, 15) is 9.59 Å². The van der Waals surface area contributed by atoms with E-state index in [1.54, 1.807) is 4.90 Å². The van der Waals surface area contributed by atoms with Crippen molar-refractivity contribution in [3.63, 3.8) is 0 Å². The van der Waals surface area contributed by atoms with Gasteiger partial charge in [0.25, 0.3) is 0 Å². The Morgan fingerprint density at radius 3 is 2.86 bits per heavy atom. The fourth-order valence-corrected chi connectivity index (χ4v) is 1.71. The summed E-state index contributed by atoms with van der Waals surface area (Å²) >= 11 is 0. The van der Waals surface area contributed by atoms with Crippen molar-refractivity contribution < 1.29 is 9.59 Å². The Kier molecular flexibility index (Phi) is 3.68. The Labute approximate surface area is 84.0 Å². The number of amides is 2. The lowest BCUT2D eigenvalue weighted by Crippen LogP contribution is -2.48. The zero-order valence-corrected chi connectivity index (χ0v) is 8.45. The third-order valence-electron chi connectivity index (χ3n) is 2.32. The van der Waals surface area contributed by atoms with Crippen LogP contribution in [0.2, 0.25) is 0 Å². The van der Waals surface area contributed by atoms with E-state index >= 15 is 0 Å². The van der Waals surface area contributed by atoms with E-state index in [0.717, 1.165) is 19.4 Å². The number of hydrogen-bond donors (Lipinski definition) is 1. The molecule has 0 aromatic heterocycles. The topological polar surface area (TPSA) is 49.4 Å². The van der Waals surface area contributed by atoms with Crippen LogP contribution >= 0.6 is 0 Å². The molecule has 1 heterocycles. The molecule has 4 heteroatoms. The molecule has 0 aromatic rings. The van der Waals surface area contributed by atoms with E-state index in [0.29, 0.717) is 6.54 Å². The average molecular weight is 196 g/mol. The van der Waals surface area contributed by atoms with Crippen LogP contribution in [0.25, 0.3) is 0 Å². The molecule has 1 fully saturated rings. The van der Waals surface area contributed by atoms with E-state index in [-0.39, 0.29) is 17.9 Å². The summed E-state index contributed by atoms with van der Waals surface area (Å²) in [6, 6.07) is 0.102. The highest BCUT2D eigenvalue weighted by Gasteiger charge is 2.22. The highest BCUT2D eigenvalue weighted by Crippen LogP contribution is 2.10. The maximum absolute atomic E-state index is 11.3. The van der Waals surface area contributed by atoms with E-state index < -0.39 is 0 Å². The van der Waals surface area contributed by atoms with Gasteiger partial charge < -0.3 is 10.2 Å². The normalized spacial score (nSPS) is 21.5. The summed E-state index contributed by atoms with van der Waals surface area (Å²) in [5, 5.41) is 2.82. The first kappa shape index (κ1) is 10.8. The Hall–Kier alpha value is -1.32. The molecule has 0 bridgehead atoms. The molecular weight excluding hydrogens is 180 g/mol. The van der Waals surface area contributed by atoms with Crippen molar-refractivity contribution in [2.24, 2.45) is 0 Å². The number of carbonyl (C=O) groups is 2. The molecule has 0 radical (unpaired) electrons. The van der Waals surface area contributed by atoms with Crippen LogP contribution in [-0.4, -0.2) is 35.8 Å². The van der Waals surface area contributed by atoms with Crippen LogP contribution in [0.3, 0.4) is 0 Å². The predicted octanol–water partition coefficient (Wildman–Crippen LogP) is 0.299. The molecule has 1 saturated heterocycles. The van der Waals surface area contributed by atoms with Gasteiger partial charge in [0.05, 0.1) is 0 Å². The van der Waals surface area contributed by atoms with Crippen molar-refractivity contribution >= 4 is 11.8 Å². The second-order valence-electron chi connectivity index (χ2n) is 3.53. The van der Waals surface area contributed by atoms with Crippen molar-refractivity contribution in [3.8, 4) is 0 Å². The molecule has 4 nitrogen and oxygen atoms in total. The third kappa shape index (κ3) is 2.87. The third-order valence-corrected chi connectivity index (χ3v) is 2.32. The second-order valence-corrected chi connectivity index (χ2v) is 3.53. The van der Waals surface area contributed by atoms with Crippen LogP contribution in [0, 0.1) is 0 Å². The summed E-state index contributed by atoms with van der Waals surface area (Å²) in [6.07, 6.45) is 3.20. The lowest BCUT2D eigenvalue weighted by Gasteiger charge is -2.32. The van der Waals surface area contributed by atoms with Gasteiger partial charge in [-0.3, -0.25) is 9.59 Å². The number of piperidine rings is 1. The number of likely N-dealkylation sites (tertiary alicyclic amines) is 1. The van der Waals surface area contributed by atoms with Crippen LogP contribution in [0.15, 0.2) is 12.7 Å². The molecule has 1 rings (SSSR count). The van der Waals surface area contributed by atoms with E-state index in [1.807, 2.05) is 0 Å². The Morgan fingerprint density at radius 2 is 2.29 bits per heavy atom. The van der Waals surface area contributed by atoms with Gasteiger partial charge in [0, 0.05) is 26.1 Å². The predicted molar refractivity (Wildman–Crippen MR) is 53.6 cm³/mol. The molecule has 0 saturated carbocycles. The first-order chi connectivity index (χ1) is 6.63. The van der Waals surface area contributed by atoms with Crippen LogP contribution in [-0.2, 0) is 9.59 Å². The van der Waals surface area contributed by atoms with E-state index in [4.69, 9.17) is 0 Å². The van der Waals surface area contributed by atoms with Gasteiger partial charge in [-0.15, -0.1) is 0 Å². The molecule has 2 amide bonds. The minimum Gasteiger partial charge on any atom is -0.352 e. The van der Waals surface area contributed by atoms with Crippen molar-refractivity contribution in [2.45, 2.75) is 25.8 Å². The van der Waals surface area contributed by atoms with Gasteiger partial charge >= 0.3 is 0 Å². The maximum Gasteiger partial charge on any atom is 0.246 e. The minimum absolute atomic E-state index is 0.0390. The summed E-state index contributed by atoms with van der Waals surface area (Å²) in [4.78, 5) is 23.8. The van der Waals surface area contributed by atoms with Gasteiger partial charge in [0.1, 0.15) is 0 Å². The number of hydrogen-bond acceptors (Lipinski definition) is 2. The number of rotatable bonds is 2. The largest absolute Gasteiger partial charge is 0.352 e. The van der Waals surface area contributed by atoms with Crippen molar-refractivity contribution in [1.82, 2.24) is 10.2 Å². The molecule has 0 unspecified atom stereocenters. The summed E-state index contributed by atoms with van der Waals surface area (Å²) in [5.74, 6) is -0.0945. The molecule has 1 aliphatic rings. The molecule has 0 spiro atoms. The van der Waals surface area contributed by atoms with Crippen molar-refractivity contribution in [1.29, 1.82) is 0 Å². The van der Waals surface area contributed by atoms with Crippen LogP contribution in [0.5, 0.6) is 0 Å². The van der Waals surface area contributed by atoms with E-state index in [2.05, 4.69) is 11.9 Å². The Morgan fingerprint density at radius 1 is 1.57 bits per heavy atom. The highest BCUT2D eigenvalue weighted by atomic mass is 16.2. The summed E-state index contributed by atoms with van der Waals surface area (Å²) in [7, 11) is 0. The van der Waals surface area contributed by atoms with Gasteiger partial charge in [-0.25, -0.2) is 0 Å². The smallest absolute Gasteiger partial charge is 0.246 e. The Bertz CT molecular complexity index is 251. The first-order valence-corrected chi connectivity index (χ1v) is 4.82. The zero-order chi connectivity index (χ0) is 10.6. The minimum atomic E-state index is -0.0555. The monoisotopic (exact) mass is 196 g/mol. The maximum atomic E-state index is 11.3. The summed E-state index contributed by atoms with van der Waals surface area (Å²) < 4.78 is 0. The van der Waals surface area contributed by atoms with Gasteiger partial charge in [-0.1, -0.05) is 6.58 Å². The molecule has 1 N–H and O–H groups in total. The van der Waals surface area contributed by atoms with Crippen molar-refractivity contribution in [2.75, 3.05) is 13.1 Å². The fourth-order valence-electron chi connectivity index (χ4n) is 1.71. The quantitative estimate of drug-likeness (QED) is 0.646. The molecule has 14 heavy (non-hydrogen) atoms. The standard InChI is InChI=1S/C10H16N2O2/c1-3-10(14)12-6-4-5-9(7-12)11-8(2)13/h3,9H,1,4-7H2,2H3,(H,11,13)/t9-/m1/s1. The molecule has 1 aliphatic heterocycles. The number of carbonyl (C=O) groups excluding carboxylic acids is 2. The van der Waals surface area contributed by atoms with Crippen molar-refractivity contribution in [3.05, 3.63) is 12.7 Å². The van der Waals surface area contributed by atoms with Gasteiger partial charge in [0.2, 0.25) is 11.8 Å². The lowest BCUT2D eigenvalue weighted by molar-refractivity contribution is -0.128. The summed E-state index contributed by atoms with van der Waals surface area (Å²) in [5.41, 5.74) is 0. The molecule has 0 aromatic carbocycles. The number of nitrogens with zero attached hydrogens (tertiary/aromatic N) is 1.